The molecular weight excluding hydrogens is 490 g/mol. The van der Waals surface area contributed by atoms with Gasteiger partial charge >= 0.3 is 0 Å². The molecule has 0 atom stereocenters. The second kappa shape index (κ2) is 12.0. The number of carbonyl (C=O) groups excluding carboxylic acids is 2. The van der Waals surface area contributed by atoms with Crippen molar-refractivity contribution in [2.75, 3.05) is 50.1 Å². The third-order valence-electron chi connectivity index (χ3n) is 6.13. The zero-order valence-corrected chi connectivity index (χ0v) is 22.1. The Kier molecular flexibility index (Phi) is 8.56. The number of rotatable bonds is 8. The number of anilines is 2. The van der Waals surface area contributed by atoms with Crippen molar-refractivity contribution in [3.63, 3.8) is 0 Å². The first-order valence-corrected chi connectivity index (χ1v) is 12.7. The molecule has 1 fully saturated rings. The SMILES string of the molecule is COc1ccc(Cl)cc1C(=O)N1CCN(c2ccc(NC(=O)c3cccc(OCC(C)C)c3)cc2)CC1. The van der Waals surface area contributed by atoms with Crippen LogP contribution >= 0.6 is 11.6 Å². The van der Waals surface area contributed by atoms with Crippen LogP contribution < -0.4 is 19.7 Å². The molecule has 37 heavy (non-hydrogen) atoms. The quantitative estimate of drug-likeness (QED) is 0.418. The number of halogens is 1. The van der Waals surface area contributed by atoms with Crippen molar-refractivity contribution < 1.29 is 19.1 Å². The molecule has 1 aliphatic heterocycles. The Bertz CT molecular complexity index is 1240. The number of nitrogens with zero attached hydrogens (tertiary/aromatic N) is 2. The minimum atomic E-state index is -0.189. The monoisotopic (exact) mass is 521 g/mol. The molecule has 4 rings (SSSR count). The van der Waals surface area contributed by atoms with Gasteiger partial charge in [-0.15, -0.1) is 0 Å². The first-order valence-electron chi connectivity index (χ1n) is 12.4. The number of methoxy groups -OCH3 is 1. The lowest BCUT2D eigenvalue weighted by molar-refractivity contribution is 0.0743. The van der Waals surface area contributed by atoms with Gasteiger partial charge in [-0.05, 0) is 66.6 Å². The predicted molar refractivity (Wildman–Crippen MR) is 147 cm³/mol. The average Bonchev–Trinajstić information content (AvgIpc) is 2.92. The van der Waals surface area contributed by atoms with E-state index < -0.39 is 0 Å². The second-order valence-corrected chi connectivity index (χ2v) is 9.79. The third kappa shape index (κ3) is 6.74. The Balaban J connectivity index is 1.33. The number of nitrogens with one attached hydrogen (secondary N) is 1. The summed E-state index contributed by atoms with van der Waals surface area (Å²) in [5.74, 6) is 1.33. The summed E-state index contributed by atoms with van der Waals surface area (Å²) in [5, 5.41) is 3.45. The minimum absolute atomic E-state index is 0.0873. The fourth-order valence-electron chi connectivity index (χ4n) is 4.13. The Hall–Kier alpha value is -3.71. The molecule has 0 aromatic heterocycles. The number of hydrogen-bond acceptors (Lipinski definition) is 5. The maximum Gasteiger partial charge on any atom is 0.257 e. The van der Waals surface area contributed by atoms with E-state index in [-0.39, 0.29) is 11.8 Å². The van der Waals surface area contributed by atoms with E-state index >= 15 is 0 Å². The van der Waals surface area contributed by atoms with Gasteiger partial charge < -0.3 is 24.6 Å². The lowest BCUT2D eigenvalue weighted by Crippen LogP contribution is -2.48. The summed E-state index contributed by atoms with van der Waals surface area (Å²) in [6, 6.07) is 20.0. The average molecular weight is 522 g/mol. The highest BCUT2D eigenvalue weighted by Crippen LogP contribution is 2.26. The molecule has 2 amide bonds. The van der Waals surface area contributed by atoms with Crippen LogP contribution in [0.25, 0.3) is 0 Å². The molecule has 3 aromatic carbocycles. The largest absolute Gasteiger partial charge is 0.496 e. The topological polar surface area (TPSA) is 71.1 Å². The molecule has 7 nitrogen and oxygen atoms in total. The molecule has 0 bridgehead atoms. The van der Waals surface area contributed by atoms with Gasteiger partial charge in [0.05, 0.1) is 19.3 Å². The van der Waals surface area contributed by atoms with Gasteiger partial charge in [-0.1, -0.05) is 31.5 Å². The van der Waals surface area contributed by atoms with Gasteiger partial charge in [-0.25, -0.2) is 0 Å². The molecule has 1 saturated heterocycles. The highest BCUT2D eigenvalue weighted by Gasteiger charge is 2.25. The van der Waals surface area contributed by atoms with Crippen molar-refractivity contribution in [2.24, 2.45) is 5.92 Å². The number of benzene rings is 3. The molecular formula is C29H32ClN3O4. The van der Waals surface area contributed by atoms with Gasteiger partial charge in [0.1, 0.15) is 11.5 Å². The van der Waals surface area contributed by atoms with E-state index in [9.17, 15) is 9.59 Å². The molecule has 0 saturated carbocycles. The van der Waals surface area contributed by atoms with E-state index in [0.29, 0.717) is 72.0 Å². The lowest BCUT2D eigenvalue weighted by Gasteiger charge is -2.36. The van der Waals surface area contributed by atoms with Crippen molar-refractivity contribution in [3.05, 3.63) is 82.9 Å². The smallest absolute Gasteiger partial charge is 0.257 e. The number of ether oxygens (including phenoxy) is 2. The molecule has 0 unspecified atom stereocenters. The van der Waals surface area contributed by atoms with Crippen molar-refractivity contribution in [3.8, 4) is 11.5 Å². The van der Waals surface area contributed by atoms with E-state index in [0.717, 1.165) is 5.69 Å². The summed E-state index contributed by atoms with van der Waals surface area (Å²) in [4.78, 5) is 29.8. The minimum Gasteiger partial charge on any atom is -0.496 e. The van der Waals surface area contributed by atoms with Crippen LogP contribution in [0.4, 0.5) is 11.4 Å². The van der Waals surface area contributed by atoms with Gasteiger partial charge in [0.15, 0.2) is 0 Å². The summed E-state index contributed by atoms with van der Waals surface area (Å²) in [7, 11) is 1.55. The van der Waals surface area contributed by atoms with E-state index in [4.69, 9.17) is 21.1 Å². The molecule has 1 aliphatic rings. The number of carbonyl (C=O) groups is 2. The zero-order valence-electron chi connectivity index (χ0n) is 21.4. The fourth-order valence-corrected chi connectivity index (χ4v) is 4.31. The van der Waals surface area contributed by atoms with Gasteiger partial charge in [-0.2, -0.15) is 0 Å². The van der Waals surface area contributed by atoms with Crippen LogP contribution in [-0.2, 0) is 0 Å². The standard InChI is InChI=1S/C29H32ClN3O4/c1-20(2)19-37-25-6-4-5-21(17-25)28(34)31-23-8-10-24(11-9-23)32-13-15-33(16-14-32)29(35)26-18-22(30)7-12-27(26)36-3/h4-12,17-18,20H,13-16,19H2,1-3H3,(H,31,34). The third-order valence-corrected chi connectivity index (χ3v) is 6.36. The summed E-state index contributed by atoms with van der Waals surface area (Å²) < 4.78 is 11.1. The van der Waals surface area contributed by atoms with E-state index in [1.165, 1.54) is 0 Å². The lowest BCUT2D eigenvalue weighted by atomic mass is 10.1. The van der Waals surface area contributed by atoms with E-state index in [2.05, 4.69) is 24.1 Å². The molecule has 0 spiro atoms. The van der Waals surface area contributed by atoms with Crippen LogP contribution in [0.15, 0.2) is 66.7 Å². The van der Waals surface area contributed by atoms with Crippen molar-refractivity contribution >= 4 is 34.8 Å². The first kappa shape index (κ1) is 26.4. The van der Waals surface area contributed by atoms with Gasteiger partial charge in [-0.3, -0.25) is 9.59 Å². The number of hydrogen-bond donors (Lipinski definition) is 1. The fraction of sp³-hybridized carbons (Fsp3) is 0.310. The molecule has 1 N–H and O–H groups in total. The maximum atomic E-state index is 13.0. The van der Waals surface area contributed by atoms with Crippen molar-refractivity contribution in [1.29, 1.82) is 0 Å². The van der Waals surface area contributed by atoms with Gasteiger partial charge in [0.25, 0.3) is 11.8 Å². The zero-order chi connectivity index (χ0) is 26.4. The Morgan fingerprint density at radius 3 is 2.38 bits per heavy atom. The Labute approximate surface area is 222 Å². The molecule has 0 aliphatic carbocycles. The highest BCUT2D eigenvalue weighted by molar-refractivity contribution is 6.31. The molecule has 0 radical (unpaired) electrons. The van der Waals surface area contributed by atoms with Crippen LogP contribution in [0, 0.1) is 5.92 Å². The van der Waals surface area contributed by atoms with Gasteiger partial charge in [0.2, 0.25) is 0 Å². The Morgan fingerprint density at radius 2 is 1.70 bits per heavy atom. The Morgan fingerprint density at radius 1 is 0.973 bits per heavy atom. The van der Waals surface area contributed by atoms with Crippen LogP contribution in [0.5, 0.6) is 11.5 Å². The van der Waals surface area contributed by atoms with Crippen LogP contribution in [0.1, 0.15) is 34.6 Å². The second-order valence-electron chi connectivity index (χ2n) is 9.36. The van der Waals surface area contributed by atoms with Crippen LogP contribution in [0.2, 0.25) is 5.02 Å². The summed E-state index contributed by atoms with van der Waals surface area (Å²) >= 11 is 6.10. The molecule has 1 heterocycles. The van der Waals surface area contributed by atoms with E-state index in [1.54, 1.807) is 37.4 Å². The number of piperazine rings is 1. The van der Waals surface area contributed by atoms with E-state index in [1.807, 2.05) is 41.3 Å². The van der Waals surface area contributed by atoms with Crippen molar-refractivity contribution in [1.82, 2.24) is 4.90 Å². The normalized spacial score (nSPS) is 13.4. The maximum absolute atomic E-state index is 13.0. The predicted octanol–water partition coefficient (Wildman–Crippen LogP) is 5.60. The number of amides is 2. The summed E-state index contributed by atoms with van der Waals surface area (Å²) in [6.07, 6.45) is 0. The van der Waals surface area contributed by atoms with Crippen molar-refractivity contribution in [2.45, 2.75) is 13.8 Å². The first-order chi connectivity index (χ1) is 17.8. The summed E-state index contributed by atoms with van der Waals surface area (Å²) in [6.45, 7) is 7.33. The van der Waals surface area contributed by atoms with Crippen LogP contribution in [-0.4, -0.2) is 56.6 Å². The molecule has 8 heteroatoms. The molecule has 3 aromatic rings. The highest BCUT2D eigenvalue weighted by atomic mass is 35.5. The van der Waals surface area contributed by atoms with Crippen LogP contribution in [0.3, 0.4) is 0 Å². The van der Waals surface area contributed by atoms with Gasteiger partial charge in [0, 0.05) is 48.1 Å². The molecule has 194 valence electrons. The summed E-state index contributed by atoms with van der Waals surface area (Å²) in [5.41, 5.74) is 2.77.